The van der Waals surface area contributed by atoms with Crippen molar-refractivity contribution in [3.05, 3.63) is 70.4 Å². The highest BCUT2D eigenvalue weighted by Crippen LogP contribution is 2.13. The van der Waals surface area contributed by atoms with Gasteiger partial charge in [-0.25, -0.2) is 4.98 Å². The highest BCUT2D eigenvalue weighted by Gasteiger charge is 2.12. The number of aliphatic hydroxyl groups excluding tert-OH is 1. The number of hydrogen-bond donors (Lipinski definition) is 1. The van der Waals surface area contributed by atoms with Crippen LogP contribution in [0.1, 0.15) is 24.6 Å². The van der Waals surface area contributed by atoms with Gasteiger partial charge in [0.1, 0.15) is 5.69 Å². The van der Waals surface area contributed by atoms with Gasteiger partial charge in [0, 0.05) is 12.4 Å². The van der Waals surface area contributed by atoms with Gasteiger partial charge < -0.3 is 9.67 Å². The van der Waals surface area contributed by atoms with Crippen LogP contribution in [0, 0.1) is 0 Å². The molecule has 0 amide bonds. The molecule has 1 N–H and O–H groups in total. The molecule has 3 aromatic rings. The van der Waals surface area contributed by atoms with Crippen LogP contribution in [0.2, 0.25) is 0 Å². The number of aryl methyl sites for hydroxylation is 1. The molecule has 0 aliphatic heterocycles. The molecule has 0 radical (unpaired) electrons. The maximum Gasteiger partial charge on any atom is 0.273 e. The predicted octanol–water partition coefficient (Wildman–Crippen LogP) is 2.15. The number of hydrogen-bond acceptors (Lipinski definition) is 4. The number of pyridine rings is 1. The number of fused-ring (bicyclic) bond motifs is 1. The van der Waals surface area contributed by atoms with E-state index in [9.17, 15) is 9.90 Å². The van der Waals surface area contributed by atoms with E-state index in [-0.39, 0.29) is 5.56 Å². The second kappa shape index (κ2) is 6.71. The Morgan fingerprint density at radius 1 is 1.22 bits per heavy atom. The van der Waals surface area contributed by atoms with E-state index in [1.165, 1.54) is 0 Å². The van der Waals surface area contributed by atoms with Crippen molar-refractivity contribution in [2.75, 3.05) is 0 Å². The average molecular weight is 309 g/mol. The lowest BCUT2D eigenvalue weighted by atomic mass is 10.1. The van der Waals surface area contributed by atoms with E-state index in [4.69, 9.17) is 0 Å². The summed E-state index contributed by atoms with van der Waals surface area (Å²) in [4.78, 5) is 21.4. The highest BCUT2D eigenvalue weighted by atomic mass is 16.3. The SMILES string of the molecule is CC(O)CCc1nc2ccccc2n(Cc2cccnc2)c1=O. The first kappa shape index (κ1) is 15.4. The van der Waals surface area contributed by atoms with E-state index in [2.05, 4.69) is 9.97 Å². The number of rotatable bonds is 5. The second-order valence-electron chi connectivity index (χ2n) is 5.69. The van der Waals surface area contributed by atoms with Gasteiger partial charge in [0.05, 0.1) is 23.7 Å². The molecular formula is C18H19N3O2. The van der Waals surface area contributed by atoms with Crippen LogP contribution >= 0.6 is 0 Å². The molecule has 2 aromatic heterocycles. The van der Waals surface area contributed by atoms with Crippen LogP contribution in [0.4, 0.5) is 0 Å². The summed E-state index contributed by atoms with van der Waals surface area (Å²) >= 11 is 0. The van der Waals surface area contributed by atoms with Crippen LogP contribution in [0.25, 0.3) is 11.0 Å². The number of benzene rings is 1. The summed E-state index contributed by atoms with van der Waals surface area (Å²) in [6, 6.07) is 11.4. The van der Waals surface area contributed by atoms with Gasteiger partial charge >= 0.3 is 0 Å². The molecule has 0 bridgehead atoms. The van der Waals surface area contributed by atoms with E-state index in [1.54, 1.807) is 23.9 Å². The minimum Gasteiger partial charge on any atom is -0.393 e. The Kier molecular flexibility index (Phi) is 4.48. The van der Waals surface area contributed by atoms with E-state index in [1.807, 2.05) is 36.4 Å². The van der Waals surface area contributed by atoms with Gasteiger partial charge in [-0.05, 0) is 43.5 Å². The summed E-state index contributed by atoms with van der Waals surface area (Å²) in [5.74, 6) is 0. The zero-order chi connectivity index (χ0) is 16.2. The van der Waals surface area contributed by atoms with Crippen LogP contribution in [0.15, 0.2) is 53.6 Å². The minimum atomic E-state index is -0.450. The van der Waals surface area contributed by atoms with Crippen molar-refractivity contribution in [2.24, 2.45) is 0 Å². The second-order valence-corrected chi connectivity index (χ2v) is 5.69. The number of para-hydroxylation sites is 2. The highest BCUT2D eigenvalue weighted by molar-refractivity contribution is 5.74. The lowest BCUT2D eigenvalue weighted by Gasteiger charge is -2.12. The summed E-state index contributed by atoms with van der Waals surface area (Å²) < 4.78 is 1.73. The largest absolute Gasteiger partial charge is 0.393 e. The van der Waals surface area contributed by atoms with Gasteiger partial charge in [-0.15, -0.1) is 0 Å². The van der Waals surface area contributed by atoms with Crippen molar-refractivity contribution in [3.8, 4) is 0 Å². The predicted molar refractivity (Wildman–Crippen MR) is 89.3 cm³/mol. The molecule has 0 saturated heterocycles. The smallest absolute Gasteiger partial charge is 0.273 e. The molecule has 0 fully saturated rings. The Morgan fingerprint density at radius 3 is 2.78 bits per heavy atom. The summed E-state index contributed by atoms with van der Waals surface area (Å²) in [7, 11) is 0. The zero-order valence-corrected chi connectivity index (χ0v) is 13.0. The molecule has 1 aromatic carbocycles. The summed E-state index contributed by atoms with van der Waals surface area (Å²) in [6.45, 7) is 2.17. The molecule has 0 spiro atoms. The normalized spacial score (nSPS) is 12.4. The molecule has 1 unspecified atom stereocenters. The molecular weight excluding hydrogens is 290 g/mol. The molecule has 5 nitrogen and oxygen atoms in total. The fourth-order valence-corrected chi connectivity index (χ4v) is 2.59. The Labute approximate surface area is 134 Å². The van der Waals surface area contributed by atoms with E-state index in [0.717, 1.165) is 16.6 Å². The number of aliphatic hydroxyl groups is 1. The van der Waals surface area contributed by atoms with E-state index < -0.39 is 6.10 Å². The van der Waals surface area contributed by atoms with Gasteiger partial charge in [0.25, 0.3) is 5.56 Å². The molecule has 2 heterocycles. The van der Waals surface area contributed by atoms with E-state index >= 15 is 0 Å². The Balaban J connectivity index is 2.09. The van der Waals surface area contributed by atoms with Crippen LogP contribution in [-0.2, 0) is 13.0 Å². The van der Waals surface area contributed by atoms with Gasteiger partial charge in [-0.3, -0.25) is 9.78 Å². The monoisotopic (exact) mass is 309 g/mol. The molecule has 0 saturated carbocycles. The van der Waals surface area contributed by atoms with Crippen molar-refractivity contribution in [2.45, 2.75) is 32.4 Å². The van der Waals surface area contributed by atoms with Crippen molar-refractivity contribution >= 4 is 11.0 Å². The number of aromatic nitrogens is 3. The van der Waals surface area contributed by atoms with Crippen LogP contribution in [-0.4, -0.2) is 25.7 Å². The lowest BCUT2D eigenvalue weighted by Crippen LogP contribution is -2.27. The molecule has 3 rings (SSSR count). The Hall–Kier alpha value is -2.53. The molecule has 5 heteroatoms. The molecule has 1 atom stereocenters. The third kappa shape index (κ3) is 3.46. The first-order valence-electron chi connectivity index (χ1n) is 7.70. The third-order valence-corrected chi connectivity index (χ3v) is 3.78. The first-order valence-corrected chi connectivity index (χ1v) is 7.70. The maximum absolute atomic E-state index is 12.8. The van der Waals surface area contributed by atoms with Crippen LogP contribution < -0.4 is 5.56 Å². The minimum absolute atomic E-state index is 0.104. The fraction of sp³-hybridized carbons (Fsp3) is 0.278. The lowest BCUT2D eigenvalue weighted by molar-refractivity contribution is 0.184. The fourth-order valence-electron chi connectivity index (χ4n) is 2.59. The first-order chi connectivity index (χ1) is 11.1. The molecule has 0 aliphatic carbocycles. The molecule has 0 aliphatic rings. The van der Waals surface area contributed by atoms with Crippen molar-refractivity contribution < 1.29 is 5.11 Å². The van der Waals surface area contributed by atoms with Crippen LogP contribution in [0.3, 0.4) is 0 Å². The topological polar surface area (TPSA) is 68.0 Å². The van der Waals surface area contributed by atoms with Crippen molar-refractivity contribution in [1.82, 2.24) is 14.5 Å². The Bertz CT molecular complexity index is 857. The quantitative estimate of drug-likeness (QED) is 0.784. The van der Waals surface area contributed by atoms with Crippen LogP contribution in [0.5, 0.6) is 0 Å². The molecule has 23 heavy (non-hydrogen) atoms. The van der Waals surface area contributed by atoms with Gasteiger partial charge in [0.15, 0.2) is 0 Å². The van der Waals surface area contributed by atoms with Gasteiger partial charge in [-0.2, -0.15) is 0 Å². The summed E-state index contributed by atoms with van der Waals surface area (Å²) in [5, 5.41) is 9.48. The van der Waals surface area contributed by atoms with Crippen molar-refractivity contribution in [3.63, 3.8) is 0 Å². The third-order valence-electron chi connectivity index (χ3n) is 3.78. The van der Waals surface area contributed by atoms with Crippen molar-refractivity contribution in [1.29, 1.82) is 0 Å². The van der Waals surface area contributed by atoms with E-state index in [0.29, 0.717) is 25.1 Å². The zero-order valence-electron chi connectivity index (χ0n) is 13.0. The number of nitrogens with zero attached hydrogens (tertiary/aromatic N) is 3. The Morgan fingerprint density at radius 2 is 2.04 bits per heavy atom. The average Bonchev–Trinajstić information content (AvgIpc) is 2.57. The van der Waals surface area contributed by atoms with Gasteiger partial charge in [-0.1, -0.05) is 18.2 Å². The summed E-state index contributed by atoms with van der Waals surface area (Å²) in [5.41, 5.74) is 2.95. The molecule has 118 valence electrons. The summed E-state index contributed by atoms with van der Waals surface area (Å²) in [6.07, 6.45) is 4.01. The maximum atomic E-state index is 12.8. The van der Waals surface area contributed by atoms with Gasteiger partial charge in [0.2, 0.25) is 0 Å². The standard InChI is InChI=1S/C18H19N3O2/c1-13(22)8-9-16-18(23)21(12-14-5-4-10-19-11-14)17-7-3-2-6-15(17)20-16/h2-7,10-11,13,22H,8-9,12H2,1H3.